The molecule has 0 aromatic heterocycles. The van der Waals surface area contributed by atoms with Crippen molar-refractivity contribution in [3.63, 3.8) is 0 Å². The number of ether oxygens (including phenoxy) is 1. The SMILES string of the molecule is C[C@H]1CCC[C@H](C)N1C(=O)COc1ccccc1C(N)=O. The molecular formula is C16H22N2O3. The zero-order valence-electron chi connectivity index (χ0n) is 12.5. The molecule has 5 nitrogen and oxygen atoms in total. The summed E-state index contributed by atoms with van der Waals surface area (Å²) >= 11 is 0. The first-order valence-corrected chi connectivity index (χ1v) is 7.33. The lowest BCUT2D eigenvalue weighted by molar-refractivity contribution is -0.139. The van der Waals surface area contributed by atoms with Gasteiger partial charge in [-0.05, 0) is 45.2 Å². The summed E-state index contributed by atoms with van der Waals surface area (Å²) in [7, 11) is 0. The minimum atomic E-state index is -0.558. The van der Waals surface area contributed by atoms with Gasteiger partial charge in [0, 0.05) is 12.1 Å². The number of para-hydroxylation sites is 1. The summed E-state index contributed by atoms with van der Waals surface area (Å²) < 4.78 is 5.52. The molecule has 5 heteroatoms. The molecular weight excluding hydrogens is 268 g/mol. The molecule has 1 heterocycles. The van der Waals surface area contributed by atoms with Crippen molar-refractivity contribution in [2.24, 2.45) is 5.73 Å². The Bertz CT molecular complexity index is 520. The van der Waals surface area contributed by atoms with Gasteiger partial charge in [0.2, 0.25) is 0 Å². The Labute approximate surface area is 125 Å². The lowest BCUT2D eigenvalue weighted by Crippen LogP contribution is -2.49. The molecule has 0 aliphatic carbocycles. The Balaban J connectivity index is 2.02. The highest BCUT2D eigenvalue weighted by Gasteiger charge is 2.29. The normalized spacial score (nSPS) is 21.9. The lowest BCUT2D eigenvalue weighted by atomic mass is 9.97. The van der Waals surface area contributed by atoms with Crippen LogP contribution in [0.1, 0.15) is 43.5 Å². The van der Waals surface area contributed by atoms with E-state index in [2.05, 4.69) is 13.8 Å². The average molecular weight is 290 g/mol. The van der Waals surface area contributed by atoms with E-state index in [4.69, 9.17) is 10.5 Å². The lowest BCUT2D eigenvalue weighted by Gasteiger charge is -2.39. The highest BCUT2D eigenvalue weighted by Crippen LogP contribution is 2.23. The molecule has 0 spiro atoms. The number of amides is 2. The molecule has 2 atom stereocenters. The summed E-state index contributed by atoms with van der Waals surface area (Å²) in [4.78, 5) is 25.6. The predicted molar refractivity (Wildman–Crippen MR) is 80.1 cm³/mol. The number of carbonyl (C=O) groups excluding carboxylic acids is 2. The molecule has 1 aliphatic rings. The van der Waals surface area contributed by atoms with Crippen molar-refractivity contribution in [1.82, 2.24) is 4.90 Å². The Morgan fingerprint density at radius 1 is 1.24 bits per heavy atom. The number of nitrogens with zero attached hydrogens (tertiary/aromatic N) is 1. The highest BCUT2D eigenvalue weighted by molar-refractivity contribution is 5.95. The number of hydrogen-bond donors (Lipinski definition) is 1. The quantitative estimate of drug-likeness (QED) is 0.921. The number of likely N-dealkylation sites (tertiary alicyclic amines) is 1. The average Bonchev–Trinajstić information content (AvgIpc) is 2.45. The Kier molecular flexibility index (Phi) is 4.83. The fourth-order valence-electron chi connectivity index (χ4n) is 2.92. The summed E-state index contributed by atoms with van der Waals surface area (Å²) in [5.74, 6) is -0.248. The molecule has 2 N–H and O–H groups in total. The third kappa shape index (κ3) is 3.54. The monoisotopic (exact) mass is 290 g/mol. The summed E-state index contributed by atoms with van der Waals surface area (Å²) in [6.45, 7) is 4.05. The van der Waals surface area contributed by atoms with E-state index in [0.717, 1.165) is 19.3 Å². The molecule has 1 fully saturated rings. The first-order valence-electron chi connectivity index (χ1n) is 7.33. The van der Waals surface area contributed by atoms with Crippen LogP contribution in [0, 0.1) is 0 Å². The van der Waals surface area contributed by atoms with E-state index in [1.807, 2.05) is 4.90 Å². The van der Waals surface area contributed by atoms with Gasteiger partial charge in [-0.3, -0.25) is 9.59 Å². The van der Waals surface area contributed by atoms with Crippen LogP contribution in [-0.4, -0.2) is 35.4 Å². The first-order chi connectivity index (χ1) is 10.0. The zero-order chi connectivity index (χ0) is 15.4. The van der Waals surface area contributed by atoms with Gasteiger partial charge in [0.15, 0.2) is 6.61 Å². The standard InChI is InChI=1S/C16H22N2O3/c1-11-6-5-7-12(2)18(11)15(19)10-21-14-9-4-3-8-13(14)16(17)20/h3-4,8-9,11-12H,5-7,10H2,1-2H3,(H2,17,20)/t11-,12-/m0/s1. The highest BCUT2D eigenvalue weighted by atomic mass is 16.5. The molecule has 0 unspecified atom stereocenters. The van der Waals surface area contributed by atoms with Crippen LogP contribution >= 0.6 is 0 Å². The van der Waals surface area contributed by atoms with Crippen LogP contribution in [0.25, 0.3) is 0 Å². The molecule has 1 aliphatic heterocycles. The van der Waals surface area contributed by atoms with E-state index in [1.54, 1.807) is 24.3 Å². The van der Waals surface area contributed by atoms with Gasteiger partial charge < -0.3 is 15.4 Å². The van der Waals surface area contributed by atoms with Crippen molar-refractivity contribution in [2.45, 2.75) is 45.2 Å². The van der Waals surface area contributed by atoms with Crippen LogP contribution in [0.2, 0.25) is 0 Å². The van der Waals surface area contributed by atoms with Crippen LogP contribution < -0.4 is 10.5 Å². The van der Waals surface area contributed by atoms with Crippen LogP contribution in [0.3, 0.4) is 0 Å². The van der Waals surface area contributed by atoms with Gasteiger partial charge in [0.05, 0.1) is 5.56 Å². The van der Waals surface area contributed by atoms with E-state index < -0.39 is 5.91 Å². The van der Waals surface area contributed by atoms with Crippen molar-refractivity contribution in [1.29, 1.82) is 0 Å². The topological polar surface area (TPSA) is 72.6 Å². The molecule has 0 bridgehead atoms. The molecule has 21 heavy (non-hydrogen) atoms. The van der Waals surface area contributed by atoms with Gasteiger partial charge in [-0.1, -0.05) is 12.1 Å². The van der Waals surface area contributed by atoms with Crippen molar-refractivity contribution < 1.29 is 14.3 Å². The van der Waals surface area contributed by atoms with Crippen LogP contribution in [0.4, 0.5) is 0 Å². The summed E-state index contributed by atoms with van der Waals surface area (Å²) in [5, 5.41) is 0. The van der Waals surface area contributed by atoms with Crippen molar-refractivity contribution in [3.05, 3.63) is 29.8 Å². The molecule has 1 aromatic rings. The van der Waals surface area contributed by atoms with Crippen molar-refractivity contribution in [2.75, 3.05) is 6.61 Å². The minimum Gasteiger partial charge on any atom is -0.483 e. The summed E-state index contributed by atoms with van der Waals surface area (Å²) in [6, 6.07) is 7.17. The van der Waals surface area contributed by atoms with Gasteiger partial charge in [0.25, 0.3) is 11.8 Å². The molecule has 0 saturated carbocycles. The molecule has 1 saturated heterocycles. The maximum Gasteiger partial charge on any atom is 0.260 e. The largest absolute Gasteiger partial charge is 0.483 e. The molecule has 2 amide bonds. The third-order valence-corrected chi connectivity index (χ3v) is 3.99. The predicted octanol–water partition coefficient (Wildman–Crippen LogP) is 1.95. The van der Waals surface area contributed by atoms with Crippen LogP contribution in [-0.2, 0) is 4.79 Å². The molecule has 2 rings (SSSR count). The van der Waals surface area contributed by atoms with Gasteiger partial charge in [0.1, 0.15) is 5.75 Å². The number of primary amides is 1. The maximum absolute atomic E-state index is 12.4. The summed E-state index contributed by atoms with van der Waals surface area (Å²) in [6.07, 6.45) is 3.19. The number of carbonyl (C=O) groups is 2. The van der Waals surface area contributed by atoms with Gasteiger partial charge in [-0.25, -0.2) is 0 Å². The minimum absolute atomic E-state index is 0.0472. The van der Waals surface area contributed by atoms with Gasteiger partial charge in [-0.15, -0.1) is 0 Å². The Morgan fingerprint density at radius 3 is 2.48 bits per heavy atom. The number of hydrogen-bond acceptors (Lipinski definition) is 3. The second-order valence-electron chi connectivity index (χ2n) is 5.58. The molecule has 1 aromatic carbocycles. The third-order valence-electron chi connectivity index (χ3n) is 3.99. The smallest absolute Gasteiger partial charge is 0.260 e. The number of benzene rings is 1. The number of piperidine rings is 1. The van der Waals surface area contributed by atoms with Crippen molar-refractivity contribution in [3.8, 4) is 5.75 Å². The first kappa shape index (κ1) is 15.4. The summed E-state index contributed by atoms with van der Waals surface area (Å²) in [5.41, 5.74) is 5.59. The fourth-order valence-corrected chi connectivity index (χ4v) is 2.92. The van der Waals surface area contributed by atoms with E-state index in [9.17, 15) is 9.59 Å². The molecule has 0 radical (unpaired) electrons. The van der Waals surface area contributed by atoms with Crippen LogP contribution in [0.5, 0.6) is 5.75 Å². The van der Waals surface area contributed by atoms with Crippen LogP contribution in [0.15, 0.2) is 24.3 Å². The second kappa shape index (κ2) is 6.61. The Morgan fingerprint density at radius 2 is 1.86 bits per heavy atom. The second-order valence-corrected chi connectivity index (χ2v) is 5.58. The van der Waals surface area contributed by atoms with Gasteiger partial charge in [-0.2, -0.15) is 0 Å². The fraction of sp³-hybridized carbons (Fsp3) is 0.500. The Hall–Kier alpha value is -2.04. The van der Waals surface area contributed by atoms with E-state index >= 15 is 0 Å². The maximum atomic E-state index is 12.4. The number of nitrogens with two attached hydrogens (primary N) is 1. The zero-order valence-corrected chi connectivity index (χ0v) is 12.5. The number of rotatable bonds is 4. The van der Waals surface area contributed by atoms with E-state index in [0.29, 0.717) is 11.3 Å². The van der Waals surface area contributed by atoms with E-state index in [-0.39, 0.29) is 24.6 Å². The van der Waals surface area contributed by atoms with Crippen molar-refractivity contribution >= 4 is 11.8 Å². The van der Waals surface area contributed by atoms with Gasteiger partial charge >= 0.3 is 0 Å². The molecule has 114 valence electrons. The van der Waals surface area contributed by atoms with E-state index in [1.165, 1.54) is 0 Å².